The highest BCUT2D eigenvalue weighted by atomic mass is 35.5. The van der Waals surface area contributed by atoms with E-state index in [9.17, 15) is 19.7 Å². The van der Waals surface area contributed by atoms with Crippen LogP contribution < -0.4 is 23.7 Å². The summed E-state index contributed by atoms with van der Waals surface area (Å²) in [7, 11) is 4.24. The van der Waals surface area contributed by atoms with Gasteiger partial charge in [-0.3, -0.25) is 14.9 Å². The van der Waals surface area contributed by atoms with Crippen LogP contribution in [0, 0.1) is 22.0 Å². The van der Waals surface area contributed by atoms with Crippen LogP contribution in [0.1, 0.15) is 39.1 Å². The number of carbonyl (C=O) groups is 2. The predicted octanol–water partition coefficient (Wildman–Crippen LogP) is 5.49. The van der Waals surface area contributed by atoms with Crippen molar-refractivity contribution in [3.05, 3.63) is 78.8 Å². The number of cyclic esters (lactones) is 1. The van der Waals surface area contributed by atoms with Crippen molar-refractivity contribution in [2.24, 2.45) is 11.8 Å². The number of nitrogens with zero attached hydrogens (tertiary/aromatic N) is 1. The number of carbonyl (C=O) groups excluding carboxylic acids is 2. The van der Waals surface area contributed by atoms with Crippen molar-refractivity contribution in [1.29, 1.82) is 0 Å². The molecule has 0 saturated carbocycles. The van der Waals surface area contributed by atoms with Crippen LogP contribution in [0.3, 0.4) is 0 Å². The van der Waals surface area contributed by atoms with E-state index in [0.29, 0.717) is 28.2 Å². The molecule has 2 heterocycles. The fraction of sp³-hybridized carbons (Fsp3) is 0.310. The fourth-order valence-corrected chi connectivity index (χ4v) is 6.78. The summed E-state index contributed by atoms with van der Waals surface area (Å²) in [6.07, 6.45) is -0.973. The number of non-ortho nitro benzene ring substituents is 1. The van der Waals surface area contributed by atoms with Crippen LogP contribution in [-0.2, 0) is 14.3 Å². The van der Waals surface area contributed by atoms with Gasteiger partial charge in [-0.05, 0) is 29.8 Å². The Morgan fingerprint density at radius 2 is 1.49 bits per heavy atom. The van der Waals surface area contributed by atoms with Gasteiger partial charge in [0.15, 0.2) is 23.0 Å². The minimum atomic E-state index is -0.973. The number of ether oxygens (including phenoxy) is 7. The third-order valence-corrected chi connectivity index (χ3v) is 8.63. The molecule has 1 aliphatic carbocycles. The van der Waals surface area contributed by atoms with Crippen molar-refractivity contribution < 1.29 is 47.7 Å². The summed E-state index contributed by atoms with van der Waals surface area (Å²) < 4.78 is 39.5. The average Bonchev–Trinajstić information content (AvgIpc) is 3.63. The molecule has 0 amide bonds. The Morgan fingerprint density at radius 1 is 0.907 bits per heavy atom. The van der Waals surface area contributed by atoms with Crippen LogP contribution in [-0.4, -0.2) is 51.6 Å². The first-order valence-corrected chi connectivity index (χ1v) is 13.7. The predicted molar refractivity (Wildman–Crippen MR) is 150 cm³/mol. The van der Waals surface area contributed by atoms with Crippen LogP contribution in [0.25, 0.3) is 0 Å². The minimum absolute atomic E-state index is 0.0310. The van der Waals surface area contributed by atoms with Gasteiger partial charge in [0, 0.05) is 35.1 Å². The molecule has 0 unspecified atom stereocenters. The van der Waals surface area contributed by atoms with Gasteiger partial charge < -0.3 is 33.2 Å². The molecule has 0 N–H and O–H groups in total. The summed E-state index contributed by atoms with van der Waals surface area (Å²) in [5.41, 5.74) is 1.29. The van der Waals surface area contributed by atoms with Gasteiger partial charge in [-0.15, -0.1) is 0 Å². The molecule has 1 saturated heterocycles. The van der Waals surface area contributed by atoms with Gasteiger partial charge in [0.05, 0.1) is 54.4 Å². The molecule has 1 fully saturated rings. The maximum Gasteiger partial charge on any atom is 0.338 e. The summed E-state index contributed by atoms with van der Waals surface area (Å²) >= 11 is 13.9. The molecule has 3 aliphatic rings. The van der Waals surface area contributed by atoms with Crippen molar-refractivity contribution >= 4 is 40.8 Å². The molecule has 14 heteroatoms. The lowest BCUT2D eigenvalue weighted by atomic mass is 9.66. The number of benzene rings is 3. The summed E-state index contributed by atoms with van der Waals surface area (Å²) in [4.78, 5) is 37.3. The number of methoxy groups -OCH3 is 3. The van der Waals surface area contributed by atoms with Crippen molar-refractivity contribution in [3.8, 4) is 28.7 Å². The van der Waals surface area contributed by atoms with E-state index in [2.05, 4.69) is 0 Å². The highest BCUT2D eigenvalue weighted by Crippen LogP contribution is 2.60. The van der Waals surface area contributed by atoms with Crippen LogP contribution >= 0.6 is 23.2 Å². The van der Waals surface area contributed by atoms with E-state index in [4.69, 9.17) is 56.4 Å². The fourth-order valence-electron chi connectivity index (χ4n) is 5.98. The molecule has 224 valence electrons. The maximum atomic E-state index is 13.4. The van der Waals surface area contributed by atoms with E-state index < -0.39 is 40.7 Å². The summed E-state index contributed by atoms with van der Waals surface area (Å²) in [6, 6.07) is 8.41. The number of rotatable bonds is 7. The molecule has 3 aromatic carbocycles. The summed E-state index contributed by atoms with van der Waals surface area (Å²) in [5, 5.41) is 11.3. The Morgan fingerprint density at radius 3 is 2.05 bits per heavy atom. The maximum absolute atomic E-state index is 13.4. The smallest absolute Gasteiger partial charge is 0.338 e. The Bertz CT molecular complexity index is 1630. The summed E-state index contributed by atoms with van der Waals surface area (Å²) in [5.74, 6) is -2.38. The second-order valence-electron chi connectivity index (χ2n) is 9.90. The molecule has 6 rings (SSSR count). The molecule has 3 aromatic rings. The second-order valence-corrected chi connectivity index (χ2v) is 10.7. The van der Waals surface area contributed by atoms with Crippen LogP contribution in [0.5, 0.6) is 28.7 Å². The lowest BCUT2D eigenvalue weighted by molar-refractivity contribution is -0.384. The first-order valence-electron chi connectivity index (χ1n) is 12.9. The quantitative estimate of drug-likeness (QED) is 0.185. The number of nitro benzene ring substituents is 1. The molecule has 0 spiro atoms. The molecule has 0 bridgehead atoms. The van der Waals surface area contributed by atoms with Gasteiger partial charge in [0.25, 0.3) is 5.69 Å². The van der Waals surface area contributed by atoms with E-state index >= 15 is 0 Å². The van der Waals surface area contributed by atoms with Crippen LogP contribution in [0.15, 0.2) is 36.4 Å². The lowest BCUT2D eigenvalue weighted by Gasteiger charge is -2.39. The highest BCUT2D eigenvalue weighted by molar-refractivity contribution is 6.38. The number of halogens is 2. The van der Waals surface area contributed by atoms with Crippen molar-refractivity contribution in [2.75, 3.05) is 34.7 Å². The monoisotopic (exact) mass is 631 g/mol. The SMILES string of the molecule is COc1c(Cl)c([C@@H]2c3cc4c(cc3[C@@H](OC(=O)c3ccc([N+](=O)[O-])cc3)[C@H]3COC(=O)[C@H]23)OCO4)c(Cl)c(OC)c1OC. The lowest BCUT2D eigenvalue weighted by Crippen LogP contribution is -2.37. The van der Waals surface area contributed by atoms with E-state index in [-0.39, 0.29) is 51.9 Å². The van der Waals surface area contributed by atoms with Crippen molar-refractivity contribution in [3.63, 3.8) is 0 Å². The molecule has 0 aromatic heterocycles. The Balaban J connectivity index is 1.53. The zero-order valence-corrected chi connectivity index (χ0v) is 24.4. The first kappa shape index (κ1) is 28.7. The topological polar surface area (TPSA) is 142 Å². The number of fused-ring (bicyclic) bond motifs is 3. The summed E-state index contributed by atoms with van der Waals surface area (Å²) in [6.45, 7) is -0.0948. The van der Waals surface area contributed by atoms with Gasteiger partial charge in [0.1, 0.15) is 6.10 Å². The Labute approximate surface area is 254 Å². The molecule has 12 nitrogen and oxygen atoms in total. The Kier molecular flexibility index (Phi) is 7.35. The zero-order valence-electron chi connectivity index (χ0n) is 22.9. The Hall–Kier alpha value is -4.42. The van der Waals surface area contributed by atoms with Crippen molar-refractivity contribution in [1.82, 2.24) is 0 Å². The molecule has 4 atom stereocenters. The standard InChI is InChI=1S/C29H23Cl2NO11/c1-37-25-22(30)21(23(31)26(38-2)27(25)39-3)19-14-8-17-18(42-11-41-17)9-15(14)24(16-10-40-29(34)20(16)19)43-28(33)12-4-6-13(7-5-12)32(35)36/h4-9,16,19-20,24H,10-11H2,1-3H3/t16-,19+,20-,24+/m0/s1. The zero-order chi connectivity index (χ0) is 30.6. The third-order valence-electron chi connectivity index (χ3n) is 7.87. The van der Waals surface area contributed by atoms with Gasteiger partial charge in [-0.2, -0.15) is 0 Å². The average molecular weight is 632 g/mol. The van der Waals surface area contributed by atoms with E-state index in [1.54, 1.807) is 12.1 Å². The van der Waals surface area contributed by atoms with Gasteiger partial charge >= 0.3 is 11.9 Å². The number of esters is 2. The minimum Gasteiger partial charge on any atom is -0.491 e. The van der Waals surface area contributed by atoms with Gasteiger partial charge in [-0.1, -0.05) is 23.2 Å². The molecule has 0 radical (unpaired) electrons. The normalized spacial score (nSPS) is 21.4. The van der Waals surface area contributed by atoms with Crippen LogP contribution in [0.4, 0.5) is 5.69 Å². The van der Waals surface area contributed by atoms with E-state index in [0.717, 1.165) is 0 Å². The van der Waals surface area contributed by atoms with E-state index in [1.165, 1.54) is 45.6 Å². The second kappa shape index (κ2) is 11.0. The number of nitro groups is 1. The molecular formula is C29H23Cl2NO11. The largest absolute Gasteiger partial charge is 0.491 e. The number of hydrogen-bond donors (Lipinski definition) is 0. The molecule has 43 heavy (non-hydrogen) atoms. The van der Waals surface area contributed by atoms with Crippen molar-refractivity contribution in [2.45, 2.75) is 12.0 Å². The molecular weight excluding hydrogens is 609 g/mol. The first-order chi connectivity index (χ1) is 20.7. The third kappa shape index (κ3) is 4.52. The van der Waals surface area contributed by atoms with Crippen LogP contribution in [0.2, 0.25) is 10.0 Å². The highest BCUT2D eigenvalue weighted by Gasteiger charge is 2.55. The van der Waals surface area contributed by atoms with Gasteiger partial charge in [0.2, 0.25) is 12.5 Å². The van der Waals surface area contributed by atoms with E-state index in [1.807, 2.05) is 0 Å². The number of hydrogen-bond acceptors (Lipinski definition) is 11. The van der Waals surface area contributed by atoms with Gasteiger partial charge in [-0.25, -0.2) is 4.79 Å². The molecule has 2 aliphatic heterocycles.